The number of morpholine rings is 1. The first-order chi connectivity index (χ1) is 9.25. The lowest BCUT2D eigenvalue weighted by Crippen LogP contribution is -3.13. The van der Waals surface area contributed by atoms with Gasteiger partial charge in [0, 0.05) is 5.39 Å². The van der Waals surface area contributed by atoms with Gasteiger partial charge in [0.25, 0.3) is 5.56 Å². The molecule has 100 valence electrons. The maximum Gasteiger partial charge on any atom is 0.261 e. The van der Waals surface area contributed by atoms with E-state index in [-0.39, 0.29) is 11.3 Å². The van der Waals surface area contributed by atoms with Crippen LogP contribution in [0.5, 0.6) is 5.75 Å². The summed E-state index contributed by atoms with van der Waals surface area (Å²) in [5, 5.41) is 11.0. The fraction of sp³-hybridized carbons (Fsp3) is 0.357. The number of ether oxygens (including phenoxy) is 1. The van der Waals surface area contributed by atoms with Crippen molar-refractivity contribution in [3.63, 3.8) is 0 Å². The van der Waals surface area contributed by atoms with Gasteiger partial charge in [-0.05, 0) is 12.1 Å². The highest BCUT2D eigenvalue weighted by atomic mass is 16.5. The second kappa shape index (κ2) is 5.03. The minimum Gasteiger partial charge on any atom is -0.507 e. The van der Waals surface area contributed by atoms with E-state index < -0.39 is 0 Å². The lowest BCUT2D eigenvalue weighted by Gasteiger charge is -2.23. The van der Waals surface area contributed by atoms with Crippen LogP contribution in [-0.2, 0) is 11.3 Å². The number of nitrogens with one attached hydrogen (secondary N) is 2. The number of aromatic hydroxyl groups is 1. The minimum absolute atomic E-state index is 0.110. The first-order valence-electron chi connectivity index (χ1n) is 6.50. The lowest BCUT2D eigenvalue weighted by molar-refractivity contribution is -0.921. The van der Waals surface area contributed by atoms with Crippen molar-refractivity contribution in [1.82, 2.24) is 4.98 Å². The number of benzene rings is 1. The zero-order chi connectivity index (χ0) is 13.2. The van der Waals surface area contributed by atoms with E-state index in [1.807, 2.05) is 18.2 Å². The van der Waals surface area contributed by atoms with Crippen LogP contribution in [0, 0.1) is 0 Å². The van der Waals surface area contributed by atoms with Crippen molar-refractivity contribution in [3.8, 4) is 5.75 Å². The van der Waals surface area contributed by atoms with Crippen LogP contribution in [0.3, 0.4) is 0 Å². The maximum atomic E-state index is 12.1. The molecule has 5 heteroatoms. The van der Waals surface area contributed by atoms with Crippen LogP contribution >= 0.6 is 0 Å². The zero-order valence-corrected chi connectivity index (χ0v) is 10.6. The Morgan fingerprint density at radius 3 is 2.79 bits per heavy atom. The Labute approximate surface area is 110 Å². The normalized spacial score (nSPS) is 16.8. The monoisotopic (exact) mass is 261 g/mol. The summed E-state index contributed by atoms with van der Waals surface area (Å²) in [6.07, 6.45) is 0. The van der Waals surface area contributed by atoms with Crippen molar-refractivity contribution in [2.24, 2.45) is 0 Å². The van der Waals surface area contributed by atoms with Crippen LogP contribution in [-0.4, -0.2) is 36.4 Å². The lowest BCUT2D eigenvalue weighted by atomic mass is 10.1. The van der Waals surface area contributed by atoms with Gasteiger partial charge in [-0.1, -0.05) is 12.1 Å². The van der Waals surface area contributed by atoms with E-state index in [4.69, 9.17) is 4.74 Å². The third-order valence-electron chi connectivity index (χ3n) is 3.62. The molecule has 0 saturated carbocycles. The molecule has 3 N–H and O–H groups in total. The number of aromatic amines is 1. The Morgan fingerprint density at radius 1 is 1.26 bits per heavy atom. The van der Waals surface area contributed by atoms with Gasteiger partial charge in [0.05, 0.1) is 18.7 Å². The summed E-state index contributed by atoms with van der Waals surface area (Å²) in [4.78, 5) is 16.2. The predicted molar refractivity (Wildman–Crippen MR) is 71.5 cm³/mol. The Bertz CT molecular complexity index is 645. The molecule has 3 rings (SSSR count). The second-order valence-corrected chi connectivity index (χ2v) is 4.87. The summed E-state index contributed by atoms with van der Waals surface area (Å²) in [6.45, 7) is 3.69. The van der Waals surface area contributed by atoms with Gasteiger partial charge in [-0.15, -0.1) is 0 Å². The Hall–Kier alpha value is -1.85. The molecule has 0 spiro atoms. The number of hydrogen-bond donors (Lipinski definition) is 3. The molecule has 0 unspecified atom stereocenters. The Balaban J connectivity index is 2.00. The molecule has 19 heavy (non-hydrogen) atoms. The Kier molecular flexibility index (Phi) is 3.23. The smallest absolute Gasteiger partial charge is 0.261 e. The van der Waals surface area contributed by atoms with E-state index in [1.165, 1.54) is 4.90 Å². The van der Waals surface area contributed by atoms with Gasteiger partial charge in [-0.25, -0.2) is 0 Å². The molecular weight excluding hydrogens is 244 g/mol. The molecule has 1 aliphatic rings. The van der Waals surface area contributed by atoms with Crippen LogP contribution in [0.4, 0.5) is 0 Å². The molecule has 1 aromatic carbocycles. The van der Waals surface area contributed by atoms with Crippen molar-refractivity contribution in [1.29, 1.82) is 0 Å². The third kappa shape index (κ3) is 2.34. The van der Waals surface area contributed by atoms with Crippen molar-refractivity contribution >= 4 is 10.9 Å². The highest BCUT2D eigenvalue weighted by molar-refractivity contribution is 5.85. The number of quaternary nitrogens is 1. The molecular formula is C14H17N2O3+. The van der Waals surface area contributed by atoms with Crippen LogP contribution in [0.2, 0.25) is 0 Å². The number of hydrogen-bond acceptors (Lipinski definition) is 3. The SMILES string of the molecule is O=c1[nH]c2ccccc2c(O)c1C[NH+]1CCOCC1. The molecule has 2 heterocycles. The summed E-state index contributed by atoms with van der Waals surface area (Å²) in [7, 11) is 0. The maximum absolute atomic E-state index is 12.1. The molecule has 0 atom stereocenters. The van der Waals surface area contributed by atoms with Crippen LogP contribution in [0.1, 0.15) is 5.56 Å². The van der Waals surface area contributed by atoms with Gasteiger partial charge in [0.2, 0.25) is 0 Å². The molecule has 5 nitrogen and oxygen atoms in total. The largest absolute Gasteiger partial charge is 0.507 e. The molecule has 1 aromatic heterocycles. The topological polar surface area (TPSA) is 66.8 Å². The number of H-pyrrole nitrogens is 1. The minimum atomic E-state index is -0.199. The second-order valence-electron chi connectivity index (χ2n) is 4.87. The Morgan fingerprint density at radius 2 is 2.00 bits per heavy atom. The zero-order valence-electron chi connectivity index (χ0n) is 10.6. The average Bonchev–Trinajstić information content (AvgIpc) is 2.45. The number of pyridine rings is 1. The molecule has 1 aliphatic heterocycles. The molecule has 1 fully saturated rings. The first kappa shape index (κ1) is 12.2. The summed E-state index contributed by atoms with van der Waals surface area (Å²) in [6, 6.07) is 7.30. The summed E-state index contributed by atoms with van der Waals surface area (Å²) in [5.74, 6) is 0.110. The van der Waals surface area contributed by atoms with E-state index in [0.717, 1.165) is 13.1 Å². The van der Waals surface area contributed by atoms with E-state index in [0.29, 0.717) is 36.2 Å². The fourth-order valence-electron chi connectivity index (χ4n) is 2.52. The van der Waals surface area contributed by atoms with Crippen molar-refractivity contribution in [2.45, 2.75) is 6.54 Å². The van der Waals surface area contributed by atoms with Crippen LogP contribution in [0.25, 0.3) is 10.9 Å². The van der Waals surface area contributed by atoms with Gasteiger partial charge in [-0.3, -0.25) is 4.79 Å². The van der Waals surface area contributed by atoms with Gasteiger partial charge < -0.3 is 19.7 Å². The fourth-order valence-corrected chi connectivity index (χ4v) is 2.52. The van der Waals surface area contributed by atoms with Gasteiger partial charge >= 0.3 is 0 Å². The summed E-state index contributed by atoms with van der Waals surface area (Å²) in [5.41, 5.74) is 0.941. The highest BCUT2D eigenvalue weighted by Crippen LogP contribution is 2.23. The molecule has 0 radical (unpaired) electrons. The number of para-hydroxylation sites is 1. The van der Waals surface area contributed by atoms with Gasteiger partial charge in [0.1, 0.15) is 30.9 Å². The van der Waals surface area contributed by atoms with Gasteiger partial charge in [0.15, 0.2) is 0 Å². The van der Waals surface area contributed by atoms with Crippen molar-refractivity contribution in [3.05, 3.63) is 40.2 Å². The van der Waals surface area contributed by atoms with Gasteiger partial charge in [-0.2, -0.15) is 0 Å². The van der Waals surface area contributed by atoms with Crippen molar-refractivity contribution < 1.29 is 14.7 Å². The molecule has 2 aromatic rings. The van der Waals surface area contributed by atoms with E-state index in [1.54, 1.807) is 6.07 Å². The molecule has 0 aliphatic carbocycles. The standard InChI is InChI=1S/C14H16N2O3/c17-13-10-3-1-2-4-12(10)15-14(18)11(13)9-16-5-7-19-8-6-16/h1-4H,5-9H2,(H2,15,17,18)/p+1. The van der Waals surface area contributed by atoms with E-state index in [2.05, 4.69) is 4.98 Å². The number of aromatic nitrogens is 1. The molecule has 1 saturated heterocycles. The quantitative estimate of drug-likeness (QED) is 0.692. The summed E-state index contributed by atoms with van der Waals surface area (Å²) >= 11 is 0. The van der Waals surface area contributed by atoms with Crippen LogP contribution < -0.4 is 10.5 Å². The third-order valence-corrected chi connectivity index (χ3v) is 3.62. The predicted octanol–water partition coefficient (Wildman–Crippen LogP) is -0.351. The number of fused-ring (bicyclic) bond motifs is 1. The van der Waals surface area contributed by atoms with E-state index in [9.17, 15) is 9.90 Å². The molecule has 0 amide bonds. The molecule has 0 bridgehead atoms. The highest BCUT2D eigenvalue weighted by Gasteiger charge is 2.20. The van der Waals surface area contributed by atoms with Crippen molar-refractivity contribution in [2.75, 3.05) is 26.3 Å². The first-order valence-corrected chi connectivity index (χ1v) is 6.50. The number of rotatable bonds is 2. The average molecular weight is 261 g/mol. The van der Waals surface area contributed by atoms with Crippen LogP contribution in [0.15, 0.2) is 29.1 Å². The van der Waals surface area contributed by atoms with E-state index >= 15 is 0 Å². The summed E-state index contributed by atoms with van der Waals surface area (Å²) < 4.78 is 5.30.